The molecule has 0 spiro atoms. The summed E-state index contributed by atoms with van der Waals surface area (Å²) in [5, 5.41) is 14.3. The summed E-state index contributed by atoms with van der Waals surface area (Å²) >= 11 is 1.97. The molecule has 8 heteroatoms. The molecule has 3 rings (SSSR count). The fraction of sp³-hybridized carbons (Fsp3) is 0.118. The van der Waals surface area contributed by atoms with Gasteiger partial charge in [-0.1, -0.05) is 12.1 Å². The summed E-state index contributed by atoms with van der Waals surface area (Å²) in [6.07, 6.45) is 1.37. The summed E-state index contributed by atoms with van der Waals surface area (Å²) in [6.45, 7) is 2.20. The predicted octanol–water partition coefficient (Wildman–Crippen LogP) is 2.28. The van der Waals surface area contributed by atoms with Gasteiger partial charge < -0.3 is 14.8 Å². The van der Waals surface area contributed by atoms with E-state index in [4.69, 9.17) is 4.74 Å². The predicted molar refractivity (Wildman–Crippen MR) is 104 cm³/mol. The molecule has 1 aromatic heterocycles. The summed E-state index contributed by atoms with van der Waals surface area (Å²) in [5.74, 6) is 0.357. The first-order chi connectivity index (χ1) is 12.0. The van der Waals surface area contributed by atoms with Crippen LogP contribution in [0, 0.1) is 3.57 Å². The Morgan fingerprint density at radius 1 is 1.32 bits per heavy atom. The Morgan fingerprint density at radius 3 is 2.84 bits per heavy atom. The lowest BCUT2D eigenvalue weighted by Crippen LogP contribution is -2.32. The molecular formula is C17H14IN3O4. The average Bonchev–Trinajstić information content (AvgIpc) is 2.59. The molecule has 0 aliphatic heterocycles. The van der Waals surface area contributed by atoms with E-state index in [9.17, 15) is 14.7 Å². The van der Waals surface area contributed by atoms with Crippen LogP contribution in [-0.2, 0) is 0 Å². The van der Waals surface area contributed by atoms with Gasteiger partial charge in [-0.25, -0.2) is 4.79 Å². The quantitative estimate of drug-likeness (QED) is 0.470. The number of nitrogens with one attached hydrogen (secondary N) is 1. The second-order valence-corrected chi connectivity index (χ2v) is 6.28. The maximum absolute atomic E-state index is 12.4. The number of aromatic amines is 1. The zero-order valence-electron chi connectivity index (χ0n) is 13.2. The van der Waals surface area contributed by atoms with Gasteiger partial charge in [0, 0.05) is 0 Å². The van der Waals surface area contributed by atoms with E-state index < -0.39 is 11.2 Å². The minimum absolute atomic E-state index is 0.0420. The first-order valence-electron chi connectivity index (χ1n) is 7.45. The smallest absolute Gasteiger partial charge is 0.349 e. The molecule has 2 aromatic carbocycles. The number of halogens is 1. The van der Waals surface area contributed by atoms with Gasteiger partial charge in [0.05, 0.1) is 27.3 Å². The lowest BCUT2D eigenvalue weighted by molar-refractivity contribution is 0.317. The fourth-order valence-electron chi connectivity index (χ4n) is 2.32. The van der Waals surface area contributed by atoms with Crippen molar-refractivity contribution in [2.75, 3.05) is 6.61 Å². The summed E-state index contributed by atoms with van der Waals surface area (Å²) in [7, 11) is 0. The number of benzene rings is 2. The highest BCUT2D eigenvalue weighted by Gasteiger charge is 2.09. The SMILES string of the molecule is CCOc1cc(C=Nn2c(=O)[nH]c3ccccc3c2=O)cc(I)c1O. The van der Waals surface area contributed by atoms with Gasteiger partial charge in [-0.3, -0.25) is 4.79 Å². The van der Waals surface area contributed by atoms with Gasteiger partial charge >= 0.3 is 5.69 Å². The van der Waals surface area contributed by atoms with Crippen molar-refractivity contribution in [3.8, 4) is 11.5 Å². The van der Waals surface area contributed by atoms with Crippen molar-refractivity contribution in [1.29, 1.82) is 0 Å². The Hall–Kier alpha value is -2.62. The molecule has 2 N–H and O–H groups in total. The van der Waals surface area contributed by atoms with Crippen LogP contribution in [0.3, 0.4) is 0 Å². The van der Waals surface area contributed by atoms with Crippen molar-refractivity contribution >= 4 is 39.7 Å². The summed E-state index contributed by atoms with van der Waals surface area (Å²) < 4.78 is 6.70. The zero-order valence-corrected chi connectivity index (χ0v) is 15.4. The number of ether oxygens (including phenoxy) is 1. The first-order valence-corrected chi connectivity index (χ1v) is 8.53. The monoisotopic (exact) mass is 451 g/mol. The maximum atomic E-state index is 12.4. The molecule has 0 aliphatic rings. The number of aromatic nitrogens is 2. The van der Waals surface area contributed by atoms with Gasteiger partial charge in [-0.2, -0.15) is 5.10 Å². The molecule has 0 fully saturated rings. The topological polar surface area (TPSA) is 96.7 Å². The summed E-state index contributed by atoms with van der Waals surface area (Å²) in [6, 6.07) is 9.98. The Bertz CT molecular complexity index is 1090. The molecular weight excluding hydrogens is 437 g/mol. The molecule has 0 atom stereocenters. The van der Waals surface area contributed by atoms with E-state index in [0.29, 0.717) is 32.4 Å². The highest BCUT2D eigenvalue weighted by atomic mass is 127. The Balaban J connectivity index is 2.07. The number of nitrogens with zero attached hydrogens (tertiary/aromatic N) is 2. The third-order valence-corrected chi connectivity index (χ3v) is 4.28. The van der Waals surface area contributed by atoms with Crippen LogP contribution >= 0.6 is 22.6 Å². The summed E-state index contributed by atoms with van der Waals surface area (Å²) in [4.78, 5) is 27.1. The van der Waals surface area contributed by atoms with E-state index in [2.05, 4.69) is 10.1 Å². The molecule has 1 heterocycles. The standard InChI is InChI=1S/C17H14IN3O4/c1-2-25-14-8-10(7-12(18)15(14)22)9-19-21-16(23)11-5-3-4-6-13(11)20-17(21)24/h3-9,22H,2H2,1H3,(H,20,24). The van der Waals surface area contributed by atoms with Crippen molar-refractivity contribution < 1.29 is 9.84 Å². The molecule has 0 saturated carbocycles. The van der Waals surface area contributed by atoms with Gasteiger partial charge in [0.2, 0.25) is 0 Å². The fourth-order valence-corrected chi connectivity index (χ4v) is 2.94. The van der Waals surface area contributed by atoms with Crippen LogP contribution in [0.2, 0.25) is 0 Å². The van der Waals surface area contributed by atoms with E-state index in [1.54, 1.807) is 43.3 Å². The highest BCUT2D eigenvalue weighted by molar-refractivity contribution is 14.1. The average molecular weight is 451 g/mol. The van der Waals surface area contributed by atoms with Crippen molar-refractivity contribution in [3.63, 3.8) is 0 Å². The number of phenolic OH excluding ortho intramolecular Hbond substituents is 1. The third kappa shape index (κ3) is 3.43. The maximum Gasteiger partial charge on any atom is 0.349 e. The van der Waals surface area contributed by atoms with Gasteiger partial charge in [0.15, 0.2) is 11.5 Å². The molecule has 25 heavy (non-hydrogen) atoms. The van der Waals surface area contributed by atoms with Gasteiger partial charge in [-0.15, -0.1) is 4.68 Å². The van der Waals surface area contributed by atoms with Gasteiger partial charge in [0.1, 0.15) is 0 Å². The molecule has 128 valence electrons. The number of H-pyrrole nitrogens is 1. The van der Waals surface area contributed by atoms with Crippen molar-refractivity contribution in [2.45, 2.75) is 6.92 Å². The molecule has 0 radical (unpaired) electrons. The van der Waals surface area contributed by atoms with E-state index in [1.165, 1.54) is 6.21 Å². The van der Waals surface area contributed by atoms with E-state index in [-0.39, 0.29) is 5.75 Å². The lowest BCUT2D eigenvalue weighted by Gasteiger charge is -2.08. The molecule has 7 nitrogen and oxygen atoms in total. The number of hydrogen-bond acceptors (Lipinski definition) is 5. The number of fused-ring (bicyclic) bond motifs is 1. The third-order valence-electron chi connectivity index (χ3n) is 3.46. The zero-order chi connectivity index (χ0) is 18.0. The molecule has 0 unspecified atom stereocenters. The summed E-state index contributed by atoms with van der Waals surface area (Å²) in [5.41, 5.74) is -0.0839. The van der Waals surface area contributed by atoms with Gasteiger partial charge in [0.25, 0.3) is 5.56 Å². The van der Waals surface area contributed by atoms with Crippen LogP contribution in [0.5, 0.6) is 11.5 Å². The van der Waals surface area contributed by atoms with Crippen molar-refractivity contribution in [2.24, 2.45) is 5.10 Å². The Labute approximate surface area is 155 Å². The lowest BCUT2D eigenvalue weighted by atomic mass is 10.2. The van der Waals surface area contributed by atoms with Crippen LogP contribution < -0.4 is 16.0 Å². The molecule has 0 saturated heterocycles. The van der Waals surface area contributed by atoms with Crippen LogP contribution in [0.4, 0.5) is 0 Å². The first kappa shape index (κ1) is 17.2. The normalized spacial score (nSPS) is 11.3. The molecule has 0 aliphatic carbocycles. The number of phenols is 1. The minimum atomic E-state index is -0.626. The van der Waals surface area contributed by atoms with Crippen molar-refractivity contribution in [1.82, 2.24) is 9.66 Å². The van der Waals surface area contributed by atoms with Crippen LogP contribution in [-0.4, -0.2) is 27.6 Å². The van der Waals surface area contributed by atoms with Gasteiger partial charge in [-0.05, 0) is 59.3 Å². The van der Waals surface area contributed by atoms with Crippen LogP contribution in [0.1, 0.15) is 12.5 Å². The Kier molecular flexibility index (Phi) is 4.88. The van der Waals surface area contributed by atoms with Crippen LogP contribution in [0.25, 0.3) is 10.9 Å². The van der Waals surface area contributed by atoms with Crippen LogP contribution in [0.15, 0.2) is 51.1 Å². The number of rotatable bonds is 4. The number of aromatic hydroxyl groups is 1. The van der Waals surface area contributed by atoms with Crippen molar-refractivity contribution in [3.05, 3.63) is 66.4 Å². The number of para-hydroxylation sites is 1. The highest BCUT2D eigenvalue weighted by Crippen LogP contribution is 2.32. The molecule has 3 aromatic rings. The number of hydrogen-bond donors (Lipinski definition) is 2. The van der Waals surface area contributed by atoms with E-state index >= 15 is 0 Å². The minimum Gasteiger partial charge on any atom is -0.504 e. The van der Waals surface area contributed by atoms with E-state index in [0.717, 1.165) is 4.68 Å². The second-order valence-electron chi connectivity index (χ2n) is 5.12. The second kappa shape index (κ2) is 7.09. The molecule has 0 bridgehead atoms. The van der Waals surface area contributed by atoms with E-state index in [1.807, 2.05) is 22.6 Å². The Morgan fingerprint density at radius 2 is 2.08 bits per heavy atom. The molecule has 0 amide bonds. The largest absolute Gasteiger partial charge is 0.504 e.